The number of nitrogens with zero attached hydrogens (tertiary/aromatic N) is 1. The van der Waals surface area contributed by atoms with Crippen LogP contribution in [-0.4, -0.2) is 11.0 Å². The van der Waals surface area contributed by atoms with Crippen LogP contribution in [0.3, 0.4) is 0 Å². The summed E-state index contributed by atoms with van der Waals surface area (Å²) in [6.45, 7) is 1.88. The Balaban J connectivity index is 2.34. The van der Waals surface area contributed by atoms with E-state index in [1.54, 1.807) is 24.3 Å². The summed E-state index contributed by atoms with van der Waals surface area (Å²) < 4.78 is 0. The number of hydrogen-bond donors (Lipinski definition) is 0. The lowest BCUT2D eigenvalue weighted by Gasteiger charge is -2.13. The van der Waals surface area contributed by atoms with Crippen molar-refractivity contribution in [2.24, 2.45) is 0 Å². The Bertz CT molecular complexity index is 954. The summed E-state index contributed by atoms with van der Waals surface area (Å²) in [5.74, 6) is -1.28. The van der Waals surface area contributed by atoms with Gasteiger partial charge < -0.3 is 9.90 Å². The summed E-state index contributed by atoms with van der Waals surface area (Å²) in [6.07, 6.45) is 0. The molecule has 0 radical (unpaired) electrons. The van der Waals surface area contributed by atoms with Crippen molar-refractivity contribution in [3.05, 3.63) is 62.6 Å². The van der Waals surface area contributed by atoms with E-state index in [1.807, 2.05) is 13.0 Å². The molecule has 1 aromatic heterocycles. The van der Waals surface area contributed by atoms with Gasteiger partial charge in [0.15, 0.2) is 0 Å². The third kappa shape index (κ3) is 2.88. The number of rotatable bonds is 2. The topological polar surface area (TPSA) is 53.0 Å². The standard InChI is InChI=1S/C17H10Cl3NO2/c1-8-2-5-13-10(6-8)11(17(22)23)7-14(21-13)9-3-4-12(18)16(20)15(9)19/h2-7H,1H3,(H,22,23)/p-1. The highest BCUT2D eigenvalue weighted by molar-refractivity contribution is 6.49. The largest absolute Gasteiger partial charge is 0.545 e. The fourth-order valence-electron chi connectivity index (χ4n) is 2.37. The molecule has 1 heterocycles. The average molecular weight is 366 g/mol. The second-order valence-electron chi connectivity index (χ2n) is 5.09. The van der Waals surface area contributed by atoms with E-state index in [0.717, 1.165) is 5.56 Å². The molecule has 6 heteroatoms. The van der Waals surface area contributed by atoms with Crippen molar-refractivity contribution in [1.29, 1.82) is 0 Å². The van der Waals surface area contributed by atoms with Crippen LogP contribution in [0.2, 0.25) is 15.1 Å². The molecule has 0 aliphatic carbocycles. The van der Waals surface area contributed by atoms with Gasteiger partial charge in [0.1, 0.15) is 0 Å². The zero-order chi connectivity index (χ0) is 16.7. The van der Waals surface area contributed by atoms with Gasteiger partial charge >= 0.3 is 0 Å². The number of carbonyl (C=O) groups excluding carboxylic acids is 1. The Morgan fingerprint density at radius 1 is 1.04 bits per heavy atom. The maximum atomic E-state index is 11.5. The molecule has 3 aromatic rings. The van der Waals surface area contributed by atoms with Gasteiger partial charge in [-0.1, -0.05) is 46.4 Å². The van der Waals surface area contributed by atoms with E-state index in [-0.39, 0.29) is 15.6 Å². The monoisotopic (exact) mass is 364 g/mol. The van der Waals surface area contributed by atoms with Crippen LogP contribution in [0.15, 0.2) is 36.4 Å². The van der Waals surface area contributed by atoms with Crippen LogP contribution in [0.1, 0.15) is 15.9 Å². The molecule has 3 rings (SSSR count). The van der Waals surface area contributed by atoms with E-state index >= 15 is 0 Å². The van der Waals surface area contributed by atoms with Gasteiger partial charge in [0, 0.05) is 16.5 Å². The number of benzene rings is 2. The van der Waals surface area contributed by atoms with Gasteiger partial charge in [-0.2, -0.15) is 0 Å². The number of halogens is 3. The number of pyridine rings is 1. The summed E-state index contributed by atoms with van der Waals surface area (Å²) in [5.41, 5.74) is 2.42. The maximum Gasteiger partial charge on any atom is 0.0785 e. The minimum Gasteiger partial charge on any atom is -0.545 e. The van der Waals surface area contributed by atoms with E-state index in [2.05, 4.69) is 4.98 Å². The molecule has 0 aliphatic rings. The predicted molar refractivity (Wildman–Crippen MR) is 91.3 cm³/mol. The fourth-order valence-corrected chi connectivity index (χ4v) is 3.00. The second-order valence-corrected chi connectivity index (χ2v) is 6.25. The van der Waals surface area contributed by atoms with Crippen molar-refractivity contribution in [2.45, 2.75) is 6.92 Å². The van der Waals surface area contributed by atoms with Crippen molar-refractivity contribution >= 4 is 51.7 Å². The quantitative estimate of drug-likeness (QED) is 0.627. The summed E-state index contributed by atoms with van der Waals surface area (Å²) in [4.78, 5) is 16.0. The van der Waals surface area contributed by atoms with E-state index in [0.29, 0.717) is 27.2 Å². The lowest BCUT2D eigenvalue weighted by atomic mass is 10.0. The van der Waals surface area contributed by atoms with E-state index in [4.69, 9.17) is 34.8 Å². The molecule has 0 unspecified atom stereocenters. The van der Waals surface area contributed by atoms with Crippen molar-refractivity contribution < 1.29 is 9.90 Å². The molecule has 0 fully saturated rings. The Morgan fingerprint density at radius 3 is 2.48 bits per heavy atom. The molecular formula is C17H9Cl3NO2-. The zero-order valence-electron chi connectivity index (χ0n) is 11.9. The first-order valence-corrected chi connectivity index (χ1v) is 7.78. The number of fused-ring (bicyclic) bond motifs is 1. The molecule has 0 N–H and O–H groups in total. The van der Waals surface area contributed by atoms with Crippen LogP contribution in [0.5, 0.6) is 0 Å². The fraction of sp³-hybridized carbons (Fsp3) is 0.0588. The molecule has 0 saturated heterocycles. The molecule has 23 heavy (non-hydrogen) atoms. The van der Waals surface area contributed by atoms with Crippen molar-refractivity contribution in [3.63, 3.8) is 0 Å². The van der Waals surface area contributed by atoms with Gasteiger partial charge in [0.05, 0.1) is 32.2 Å². The highest BCUT2D eigenvalue weighted by atomic mass is 35.5. The molecule has 0 amide bonds. The SMILES string of the molecule is Cc1ccc2nc(-c3ccc(Cl)c(Cl)c3Cl)cc(C(=O)[O-])c2c1. The van der Waals surface area contributed by atoms with Gasteiger partial charge in [-0.15, -0.1) is 0 Å². The van der Waals surface area contributed by atoms with Gasteiger partial charge in [0.25, 0.3) is 0 Å². The van der Waals surface area contributed by atoms with Gasteiger partial charge in [0.2, 0.25) is 0 Å². The first-order valence-electron chi connectivity index (χ1n) is 6.65. The van der Waals surface area contributed by atoms with Crippen LogP contribution in [-0.2, 0) is 0 Å². The third-order valence-electron chi connectivity index (χ3n) is 3.50. The molecule has 0 spiro atoms. The lowest BCUT2D eigenvalue weighted by molar-refractivity contribution is -0.254. The van der Waals surface area contributed by atoms with Crippen LogP contribution in [0.4, 0.5) is 0 Å². The van der Waals surface area contributed by atoms with E-state index in [9.17, 15) is 9.90 Å². The van der Waals surface area contributed by atoms with Crippen LogP contribution < -0.4 is 5.11 Å². The normalized spacial score (nSPS) is 11.0. The highest BCUT2D eigenvalue weighted by Gasteiger charge is 2.14. The maximum absolute atomic E-state index is 11.5. The molecule has 2 aromatic carbocycles. The molecule has 0 saturated carbocycles. The molecule has 116 valence electrons. The minimum absolute atomic E-state index is 0.0517. The van der Waals surface area contributed by atoms with Crippen LogP contribution in [0.25, 0.3) is 22.2 Å². The van der Waals surface area contributed by atoms with Gasteiger partial charge in [-0.05, 0) is 37.3 Å². The number of carbonyl (C=O) groups is 1. The molecule has 0 bridgehead atoms. The zero-order valence-corrected chi connectivity index (χ0v) is 14.1. The number of carboxylic acids is 1. The highest BCUT2D eigenvalue weighted by Crippen LogP contribution is 2.38. The number of hydrogen-bond acceptors (Lipinski definition) is 3. The summed E-state index contributed by atoms with van der Waals surface area (Å²) >= 11 is 18.2. The number of aromatic carboxylic acids is 1. The third-order valence-corrected chi connectivity index (χ3v) is 4.79. The lowest BCUT2D eigenvalue weighted by Crippen LogP contribution is -2.22. The second kappa shape index (κ2) is 6.00. The molecule has 3 nitrogen and oxygen atoms in total. The van der Waals surface area contributed by atoms with Crippen molar-refractivity contribution in [2.75, 3.05) is 0 Å². The van der Waals surface area contributed by atoms with E-state index < -0.39 is 5.97 Å². The Labute approximate surface area is 147 Å². The number of aryl methyl sites for hydroxylation is 1. The average Bonchev–Trinajstić information content (AvgIpc) is 2.51. The van der Waals surface area contributed by atoms with Gasteiger partial charge in [-0.25, -0.2) is 4.98 Å². The van der Waals surface area contributed by atoms with Crippen molar-refractivity contribution in [1.82, 2.24) is 4.98 Å². The summed E-state index contributed by atoms with van der Waals surface area (Å²) in [6, 6.07) is 10.0. The summed E-state index contributed by atoms with van der Waals surface area (Å²) in [7, 11) is 0. The molecule has 0 atom stereocenters. The smallest absolute Gasteiger partial charge is 0.0785 e. The first kappa shape index (κ1) is 16.1. The van der Waals surface area contributed by atoms with Gasteiger partial charge in [-0.3, -0.25) is 0 Å². The summed E-state index contributed by atoms with van der Waals surface area (Å²) in [5, 5.41) is 12.8. The van der Waals surface area contributed by atoms with E-state index in [1.165, 1.54) is 6.07 Å². The Kier molecular flexibility index (Phi) is 4.19. The van der Waals surface area contributed by atoms with Crippen LogP contribution >= 0.6 is 34.8 Å². The van der Waals surface area contributed by atoms with Crippen molar-refractivity contribution in [3.8, 4) is 11.3 Å². The minimum atomic E-state index is -1.28. The first-order chi connectivity index (χ1) is 10.9. The number of carboxylic acid groups (broad SMARTS) is 1. The molecular weight excluding hydrogens is 357 g/mol. The Morgan fingerprint density at radius 2 is 1.78 bits per heavy atom. The Hall–Kier alpha value is -1.81. The van der Waals surface area contributed by atoms with Crippen LogP contribution in [0, 0.1) is 6.92 Å². The predicted octanol–water partition coefficient (Wildman–Crippen LogP) is 4.53. The molecule has 0 aliphatic heterocycles. The number of aromatic nitrogens is 1.